The van der Waals surface area contributed by atoms with Crippen molar-refractivity contribution in [2.75, 3.05) is 20.1 Å². The summed E-state index contributed by atoms with van der Waals surface area (Å²) < 4.78 is 2.31. The third-order valence-electron chi connectivity index (χ3n) is 4.20. The van der Waals surface area contributed by atoms with Crippen molar-refractivity contribution >= 4 is 0 Å². The van der Waals surface area contributed by atoms with Gasteiger partial charge in [0.15, 0.2) is 0 Å². The first-order valence-corrected chi connectivity index (χ1v) is 7.16. The van der Waals surface area contributed by atoms with Crippen LogP contribution in [0.4, 0.5) is 0 Å². The first-order valence-electron chi connectivity index (χ1n) is 7.16. The van der Waals surface area contributed by atoms with Gasteiger partial charge in [-0.15, -0.1) is 0 Å². The summed E-state index contributed by atoms with van der Waals surface area (Å²) in [7, 11) is 2.21. The van der Waals surface area contributed by atoms with Gasteiger partial charge in [-0.1, -0.05) is 6.92 Å². The molecule has 0 amide bonds. The molecular formula is C14H26N4. The van der Waals surface area contributed by atoms with Crippen LogP contribution in [0.2, 0.25) is 0 Å². The second-order valence-corrected chi connectivity index (χ2v) is 5.40. The van der Waals surface area contributed by atoms with Crippen molar-refractivity contribution in [3.8, 4) is 0 Å². The summed E-state index contributed by atoms with van der Waals surface area (Å²) in [5, 5.41) is 3.55. The first-order chi connectivity index (χ1) is 8.72. The molecule has 0 saturated carbocycles. The maximum atomic E-state index is 4.31. The normalized spacial score (nSPS) is 21.7. The Morgan fingerprint density at radius 1 is 1.61 bits per heavy atom. The number of likely N-dealkylation sites (N-methyl/N-ethyl adjacent to an activating group) is 1. The van der Waals surface area contributed by atoms with E-state index >= 15 is 0 Å². The van der Waals surface area contributed by atoms with E-state index in [4.69, 9.17) is 0 Å². The molecule has 18 heavy (non-hydrogen) atoms. The molecule has 0 bridgehead atoms. The minimum absolute atomic E-state index is 0.515. The zero-order valence-electron chi connectivity index (χ0n) is 11.9. The minimum atomic E-state index is 0.515. The summed E-state index contributed by atoms with van der Waals surface area (Å²) in [6, 6.07) is 1.17. The Morgan fingerprint density at radius 3 is 3.11 bits per heavy atom. The second-order valence-electron chi connectivity index (χ2n) is 5.40. The Kier molecular flexibility index (Phi) is 4.78. The van der Waals surface area contributed by atoms with E-state index in [1.54, 1.807) is 0 Å². The first kappa shape index (κ1) is 13.6. The summed E-state index contributed by atoms with van der Waals surface area (Å²) in [6.45, 7) is 7.79. The fourth-order valence-electron chi connectivity index (χ4n) is 2.54. The van der Waals surface area contributed by atoms with Crippen molar-refractivity contribution in [2.24, 2.45) is 0 Å². The third-order valence-corrected chi connectivity index (χ3v) is 4.20. The summed E-state index contributed by atoms with van der Waals surface area (Å²) in [5.74, 6) is 0. The lowest BCUT2D eigenvalue weighted by atomic mass is 10.2. The number of nitrogens with zero attached hydrogens (tertiary/aromatic N) is 3. The van der Waals surface area contributed by atoms with Gasteiger partial charge in [-0.05, 0) is 39.8 Å². The van der Waals surface area contributed by atoms with Crippen molar-refractivity contribution < 1.29 is 0 Å². The molecule has 1 aromatic rings. The van der Waals surface area contributed by atoms with E-state index in [0.717, 1.165) is 19.6 Å². The lowest BCUT2D eigenvalue weighted by Gasteiger charge is -2.24. The van der Waals surface area contributed by atoms with E-state index in [1.807, 2.05) is 12.5 Å². The largest absolute Gasteiger partial charge is 0.332 e. The molecule has 2 atom stereocenters. The van der Waals surface area contributed by atoms with Crippen LogP contribution in [0.15, 0.2) is 12.5 Å². The maximum absolute atomic E-state index is 4.31. The average molecular weight is 250 g/mol. The van der Waals surface area contributed by atoms with Gasteiger partial charge in [-0.25, -0.2) is 4.98 Å². The molecule has 0 aliphatic carbocycles. The van der Waals surface area contributed by atoms with Crippen LogP contribution in [-0.4, -0.2) is 40.6 Å². The van der Waals surface area contributed by atoms with Gasteiger partial charge >= 0.3 is 0 Å². The van der Waals surface area contributed by atoms with Crippen LogP contribution >= 0.6 is 0 Å². The molecule has 1 fully saturated rings. The molecule has 0 radical (unpaired) electrons. The fourth-order valence-corrected chi connectivity index (χ4v) is 2.54. The summed E-state index contributed by atoms with van der Waals surface area (Å²) >= 11 is 0. The molecule has 0 aromatic carbocycles. The van der Waals surface area contributed by atoms with Crippen LogP contribution in [0.25, 0.3) is 0 Å². The molecule has 1 N–H and O–H groups in total. The van der Waals surface area contributed by atoms with Gasteiger partial charge in [0.05, 0.1) is 12.0 Å². The van der Waals surface area contributed by atoms with E-state index in [-0.39, 0.29) is 0 Å². The highest BCUT2D eigenvalue weighted by atomic mass is 15.2. The van der Waals surface area contributed by atoms with Gasteiger partial charge in [-0.2, -0.15) is 0 Å². The topological polar surface area (TPSA) is 33.1 Å². The quantitative estimate of drug-likeness (QED) is 0.838. The molecule has 1 saturated heterocycles. The lowest BCUT2D eigenvalue weighted by Crippen LogP contribution is -2.32. The van der Waals surface area contributed by atoms with Gasteiger partial charge < -0.3 is 14.8 Å². The van der Waals surface area contributed by atoms with Crippen molar-refractivity contribution in [2.45, 2.75) is 51.7 Å². The van der Waals surface area contributed by atoms with Gasteiger partial charge in [-0.3, -0.25) is 0 Å². The van der Waals surface area contributed by atoms with Crippen LogP contribution in [0.1, 0.15) is 44.8 Å². The van der Waals surface area contributed by atoms with Crippen LogP contribution in [0.3, 0.4) is 0 Å². The van der Waals surface area contributed by atoms with Crippen molar-refractivity contribution in [3.05, 3.63) is 18.2 Å². The summed E-state index contributed by atoms with van der Waals surface area (Å²) in [4.78, 5) is 6.74. The Balaban J connectivity index is 1.91. The number of hydrogen-bond acceptors (Lipinski definition) is 3. The maximum Gasteiger partial charge on any atom is 0.0949 e. The Morgan fingerprint density at radius 2 is 2.44 bits per heavy atom. The molecule has 1 aliphatic rings. The highest BCUT2D eigenvalue weighted by molar-refractivity contribution is 5.07. The van der Waals surface area contributed by atoms with Crippen molar-refractivity contribution in [1.29, 1.82) is 0 Å². The van der Waals surface area contributed by atoms with Crippen LogP contribution < -0.4 is 5.32 Å². The van der Waals surface area contributed by atoms with E-state index in [1.165, 1.54) is 25.0 Å². The molecule has 2 heterocycles. The number of nitrogens with one attached hydrogen (secondary N) is 1. The van der Waals surface area contributed by atoms with Crippen LogP contribution in [-0.2, 0) is 6.54 Å². The van der Waals surface area contributed by atoms with Gasteiger partial charge in [0, 0.05) is 31.4 Å². The Hall–Kier alpha value is -0.870. The van der Waals surface area contributed by atoms with E-state index in [9.17, 15) is 0 Å². The fraction of sp³-hybridized carbons (Fsp3) is 0.786. The summed E-state index contributed by atoms with van der Waals surface area (Å²) in [5.41, 5.74) is 1.35. The Labute approximate surface area is 110 Å². The zero-order chi connectivity index (χ0) is 13.0. The van der Waals surface area contributed by atoms with Crippen LogP contribution in [0.5, 0.6) is 0 Å². The molecule has 102 valence electrons. The van der Waals surface area contributed by atoms with Gasteiger partial charge in [0.25, 0.3) is 0 Å². The molecule has 4 heteroatoms. The highest BCUT2D eigenvalue weighted by Crippen LogP contribution is 2.22. The monoisotopic (exact) mass is 250 g/mol. The molecule has 1 aliphatic heterocycles. The Bertz CT molecular complexity index is 354. The number of hydrogen-bond donors (Lipinski definition) is 1. The molecule has 0 spiro atoms. The molecule has 1 aromatic heterocycles. The number of imidazole rings is 1. The number of rotatable bonds is 6. The zero-order valence-corrected chi connectivity index (χ0v) is 11.9. The van der Waals surface area contributed by atoms with Gasteiger partial charge in [0.1, 0.15) is 0 Å². The standard InChI is InChI=1S/C14H26N4/c1-4-12(2)17(3)8-9-18-11-15-10-14(18)13-6-5-7-16-13/h10-13,16H,4-9H2,1-3H3. The minimum Gasteiger partial charge on any atom is -0.332 e. The second kappa shape index (κ2) is 6.34. The SMILES string of the molecule is CCC(C)N(C)CCn1cncc1C1CCCN1. The molecule has 4 nitrogen and oxygen atoms in total. The van der Waals surface area contributed by atoms with E-state index in [2.05, 4.69) is 40.7 Å². The highest BCUT2D eigenvalue weighted by Gasteiger charge is 2.19. The smallest absolute Gasteiger partial charge is 0.0949 e. The van der Waals surface area contributed by atoms with E-state index < -0.39 is 0 Å². The van der Waals surface area contributed by atoms with Crippen molar-refractivity contribution in [3.63, 3.8) is 0 Å². The van der Waals surface area contributed by atoms with Crippen molar-refractivity contribution in [1.82, 2.24) is 19.8 Å². The van der Waals surface area contributed by atoms with E-state index in [0.29, 0.717) is 12.1 Å². The molecule has 2 unspecified atom stereocenters. The molecule has 2 rings (SSSR count). The van der Waals surface area contributed by atoms with Gasteiger partial charge in [0.2, 0.25) is 0 Å². The molecular weight excluding hydrogens is 224 g/mol. The lowest BCUT2D eigenvalue weighted by molar-refractivity contribution is 0.241. The summed E-state index contributed by atoms with van der Waals surface area (Å²) in [6.07, 6.45) is 7.72. The predicted molar refractivity (Wildman–Crippen MR) is 74.6 cm³/mol. The average Bonchev–Trinajstić information content (AvgIpc) is 3.04. The third kappa shape index (κ3) is 3.12. The number of aromatic nitrogens is 2. The predicted octanol–water partition coefficient (Wildman–Crippen LogP) is 2.04. The van der Waals surface area contributed by atoms with Crippen LogP contribution in [0, 0.1) is 0 Å².